The van der Waals surface area contributed by atoms with Gasteiger partial charge in [-0.05, 0) is 56.2 Å². The summed E-state index contributed by atoms with van der Waals surface area (Å²) >= 11 is 0. The van der Waals surface area contributed by atoms with Crippen molar-refractivity contribution in [1.29, 1.82) is 0 Å². The van der Waals surface area contributed by atoms with E-state index in [0.717, 1.165) is 29.7 Å². The molecule has 2 aromatic carbocycles. The first-order chi connectivity index (χ1) is 13.9. The molecule has 0 spiro atoms. The molecule has 1 aromatic heterocycles. The van der Waals surface area contributed by atoms with E-state index in [1.807, 2.05) is 25.1 Å². The number of hydrogen-bond donors (Lipinski definition) is 1. The van der Waals surface area contributed by atoms with Gasteiger partial charge in [-0.15, -0.1) is 0 Å². The molecule has 0 amide bonds. The molecule has 0 saturated heterocycles. The number of benzene rings is 2. The van der Waals surface area contributed by atoms with Crippen LogP contribution in [0.2, 0.25) is 0 Å². The summed E-state index contributed by atoms with van der Waals surface area (Å²) in [5.74, 6) is 0.363. The number of rotatable bonds is 4. The van der Waals surface area contributed by atoms with Crippen molar-refractivity contribution in [3.8, 4) is 5.88 Å². The van der Waals surface area contributed by atoms with Crippen LogP contribution in [0.25, 0.3) is 0 Å². The minimum absolute atomic E-state index is 0.0200. The minimum Gasteiger partial charge on any atom is -0.368 e. The van der Waals surface area contributed by atoms with Crippen LogP contribution in [0.1, 0.15) is 41.1 Å². The third kappa shape index (κ3) is 4.24. The third-order valence-corrected chi connectivity index (χ3v) is 6.49. The van der Waals surface area contributed by atoms with Crippen LogP contribution in [0.3, 0.4) is 0 Å². The molecule has 0 aliphatic heterocycles. The Labute approximate surface area is 170 Å². The van der Waals surface area contributed by atoms with E-state index < -0.39 is 10.1 Å². The Morgan fingerprint density at radius 1 is 1.03 bits per heavy atom. The largest absolute Gasteiger partial charge is 0.368 e. The summed E-state index contributed by atoms with van der Waals surface area (Å²) in [4.78, 5) is 8.62. The van der Waals surface area contributed by atoms with Crippen molar-refractivity contribution in [3.63, 3.8) is 0 Å². The highest BCUT2D eigenvalue weighted by Crippen LogP contribution is 2.35. The number of nitrogens with zero attached hydrogens (tertiary/aromatic N) is 2. The molecule has 1 unspecified atom stereocenters. The van der Waals surface area contributed by atoms with E-state index in [0.29, 0.717) is 18.8 Å². The van der Waals surface area contributed by atoms with Crippen LogP contribution >= 0.6 is 0 Å². The Bertz CT molecular complexity index is 1110. The maximum atomic E-state index is 12.8. The molecule has 4 rings (SSSR count). The number of nitrogens with two attached hydrogens (primary N) is 1. The second-order valence-electron chi connectivity index (χ2n) is 7.37. The lowest BCUT2D eigenvalue weighted by Gasteiger charge is -2.16. The fraction of sp³-hybridized carbons (Fsp3) is 0.273. The third-order valence-electron chi connectivity index (χ3n) is 5.26. The Balaban J connectivity index is 1.68. The molecule has 29 heavy (non-hydrogen) atoms. The molecule has 1 heterocycles. The predicted molar refractivity (Wildman–Crippen MR) is 111 cm³/mol. The van der Waals surface area contributed by atoms with Crippen LogP contribution < -0.4 is 9.92 Å². The number of nitrogen functional groups attached to an aromatic ring is 1. The number of aryl methyl sites for hydroxylation is 1. The first kappa shape index (κ1) is 19.4. The summed E-state index contributed by atoms with van der Waals surface area (Å²) in [6.07, 6.45) is 3.19. The Morgan fingerprint density at radius 3 is 2.48 bits per heavy atom. The summed E-state index contributed by atoms with van der Waals surface area (Å²) < 4.78 is 31.0. The fourth-order valence-corrected chi connectivity index (χ4v) is 4.65. The van der Waals surface area contributed by atoms with Crippen molar-refractivity contribution in [2.45, 2.75) is 43.4 Å². The van der Waals surface area contributed by atoms with Crippen molar-refractivity contribution >= 4 is 16.1 Å². The van der Waals surface area contributed by atoms with Gasteiger partial charge in [0.05, 0.1) is 5.69 Å². The zero-order chi connectivity index (χ0) is 20.4. The van der Waals surface area contributed by atoms with Crippen LogP contribution in [-0.2, 0) is 23.0 Å². The van der Waals surface area contributed by atoms with Gasteiger partial charge in [-0.2, -0.15) is 13.4 Å². The van der Waals surface area contributed by atoms with Crippen molar-refractivity contribution in [3.05, 3.63) is 77.0 Å². The topological polar surface area (TPSA) is 95.2 Å². The van der Waals surface area contributed by atoms with E-state index in [9.17, 15) is 8.42 Å². The molecule has 2 N–H and O–H groups in total. The van der Waals surface area contributed by atoms with Gasteiger partial charge in [0.15, 0.2) is 0 Å². The molecule has 0 fully saturated rings. The second kappa shape index (κ2) is 7.83. The average Bonchev–Trinajstić information content (AvgIpc) is 2.91. The van der Waals surface area contributed by atoms with E-state index >= 15 is 0 Å². The van der Waals surface area contributed by atoms with Gasteiger partial charge in [-0.3, -0.25) is 0 Å². The zero-order valence-electron chi connectivity index (χ0n) is 16.2. The molecule has 7 heteroatoms. The van der Waals surface area contributed by atoms with Gasteiger partial charge >= 0.3 is 10.1 Å². The van der Waals surface area contributed by atoms with Gasteiger partial charge in [-0.25, -0.2) is 4.98 Å². The van der Waals surface area contributed by atoms with Crippen molar-refractivity contribution in [1.82, 2.24) is 9.97 Å². The lowest BCUT2D eigenvalue weighted by Crippen LogP contribution is -2.15. The maximum Gasteiger partial charge on any atom is 0.340 e. The molecule has 0 saturated carbocycles. The summed E-state index contributed by atoms with van der Waals surface area (Å²) in [6.45, 7) is 1.89. The van der Waals surface area contributed by atoms with E-state index in [-0.39, 0.29) is 16.7 Å². The van der Waals surface area contributed by atoms with Gasteiger partial charge in [0.2, 0.25) is 11.8 Å². The smallest absolute Gasteiger partial charge is 0.340 e. The standard InChI is InChI=1S/C22H23N3O3S/c1-15-10-12-18(13-11-15)29(26,27)28-21-19-9-5-8-17(16-6-3-2-4-7-16)14-20(19)24-22(23)25-21/h2-4,6-7,10-13,17H,5,8-9,14H2,1H3,(H2,23,24,25). The van der Waals surface area contributed by atoms with Crippen molar-refractivity contribution in [2.24, 2.45) is 0 Å². The number of aromatic nitrogens is 2. The van der Waals surface area contributed by atoms with E-state index in [1.165, 1.54) is 17.7 Å². The van der Waals surface area contributed by atoms with Gasteiger partial charge in [0.25, 0.3) is 0 Å². The molecule has 0 bridgehead atoms. The number of fused-ring (bicyclic) bond motifs is 1. The monoisotopic (exact) mass is 409 g/mol. The Hall–Kier alpha value is -2.93. The van der Waals surface area contributed by atoms with E-state index in [1.54, 1.807) is 12.1 Å². The highest BCUT2D eigenvalue weighted by atomic mass is 32.2. The van der Waals surface area contributed by atoms with Gasteiger partial charge in [0.1, 0.15) is 4.90 Å². The van der Waals surface area contributed by atoms with Crippen LogP contribution in [0, 0.1) is 6.92 Å². The minimum atomic E-state index is -4.00. The second-order valence-corrected chi connectivity index (χ2v) is 8.91. The summed E-state index contributed by atoms with van der Waals surface area (Å²) in [5, 5.41) is 0. The van der Waals surface area contributed by atoms with Crippen molar-refractivity contribution < 1.29 is 12.6 Å². The molecular formula is C22H23N3O3S. The first-order valence-electron chi connectivity index (χ1n) is 9.64. The SMILES string of the molecule is Cc1ccc(S(=O)(=O)Oc2nc(N)nc3c2CCCC(c2ccccc2)C3)cc1. The number of hydrogen-bond acceptors (Lipinski definition) is 6. The lowest BCUT2D eigenvalue weighted by molar-refractivity contribution is 0.471. The number of anilines is 1. The molecule has 0 radical (unpaired) electrons. The van der Waals surface area contributed by atoms with Crippen LogP contribution in [0.5, 0.6) is 5.88 Å². The first-order valence-corrected chi connectivity index (χ1v) is 11.0. The van der Waals surface area contributed by atoms with Gasteiger partial charge in [-0.1, -0.05) is 48.0 Å². The molecule has 3 aromatic rings. The molecule has 6 nitrogen and oxygen atoms in total. The summed E-state index contributed by atoms with van der Waals surface area (Å²) in [5.41, 5.74) is 9.60. The molecular weight excluding hydrogens is 386 g/mol. The van der Waals surface area contributed by atoms with Gasteiger partial charge < -0.3 is 9.92 Å². The Kier molecular flexibility index (Phi) is 5.24. The predicted octanol–water partition coefficient (Wildman–Crippen LogP) is 3.80. The van der Waals surface area contributed by atoms with E-state index in [2.05, 4.69) is 22.1 Å². The summed E-state index contributed by atoms with van der Waals surface area (Å²) in [7, 11) is -4.00. The van der Waals surface area contributed by atoms with Crippen LogP contribution in [0.15, 0.2) is 59.5 Å². The van der Waals surface area contributed by atoms with Crippen LogP contribution in [-0.4, -0.2) is 18.4 Å². The van der Waals surface area contributed by atoms with E-state index in [4.69, 9.17) is 9.92 Å². The van der Waals surface area contributed by atoms with Crippen molar-refractivity contribution in [2.75, 3.05) is 5.73 Å². The molecule has 1 aliphatic rings. The normalized spacial score (nSPS) is 16.7. The highest BCUT2D eigenvalue weighted by molar-refractivity contribution is 7.87. The van der Waals surface area contributed by atoms with Gasteiger partial charge in [0, 0.05) is 5.56 Å². The molecule has 1 atom stereocenters. The quantitative estimate of drug-likeness (QED) is 0.520. The zero-order valence-corrected chi connectivity index (χ0v) is 17.0. The van der Waals surface area contributed by atoms with Crippen LogP contribution in [0.4, 0.5) is 5.95 Å². The molecule has 1 aliphatic carbocycles. The Morgan fingerprint density at radius 2 is 1.76 bits per heavy atom. The average molecular weight is 410 g/mol. The highest BCUT2D eigenvalue weighted by Gasteiger charge is 2.26. The maximum absolute atomic E-state index is 12.8. The fourth-order valence-electron chi connectivity index (χ4n) is 3.74. The molecule has 150 valence electrons. The summed E-state index contributed by atoms with van der Waals surface area (Å²) in [6, 6.07) is 16.8. The lowest BCUT2D eigenvalue weighted by atomic mass is 9.91.